The van der Waals surface area contributed by atoms with Crippen molar-refractivity contribution in [3.8, 4) is 0 Å². The number of benzene rings is 1. The quantitative estimate of drug-likeness (QED) is 0.350. The lowest BCUT2D eigenvalue weighted by molar-refractivity contribution is -0.137. The van der Waals surface area contributed by atoms with Crippen LogP contribution in [0.15, 0.2) is 24.8 Å². The van der Waals surface area contributed by atoms with Gasteiger partial charge in [0, 0.05) is 29.7 Å². The van der Waals surface area contributed by atoms with Gasteiger partial charge in [-0.25, -0.2) is 24.5 Å². The summed E-state index contributed by atoms with van der Waals surface area (Å²) < 4.78 is 12.7. The van der Waals surface area contributed by atoms with Crippen molar-refractivity contribution in [1.29, 1.82) is 0 Å². The molecule has 0 radical (unpaired) electrons. The Hall–Kier alpha value is -4.13. The number of nitrogens with one attached hydrogen (secondary N) is 2. The number of aromatic nitrogens is 4. The van der Waals surface area contributed by atoms with Crippen molar-refractivity contribution in [1.82, 2.24) is 24.8 Å². The Labute approximate surface area is 248 Å². The summed E-state index contributed by atoms with van der Waals surface area (Å²) in [5, 5.41) is 6.16. The molecule has 42 heavy (non-hydrogen) atoms. The fraction of sp³-hybridized carbons (Fsp3) is 0.500. The first kappa shape index (κ1) is 29.4. The molecule has 1 atom stereocenters. The van der Waals surface area contributed by atoms with Gasteiger partial charge in [-0.05, 0) is 63.3 Å². The summed E-state index contributed by atoms with van der Waals surface area (Å²) in [5.41, 5.74) is 6.98. The minimum atomic E-state index is -1.41. The summed E-state index contributed by atoms with van der Waals surface area (Å²) in [6.45, 7) is 8.29. The minimum Gasteiger partial charge on any atom is -0.444 e. The minimum absolute atomic E-state index is 0.0968. The maximum Gasteiger partial charge on any atom is 0.413 e. The van der Waals surface area contributed by atoms with E-state index in [0.717, 1.165) is 29.7 Å². The average molecular weight is 599 g/mol. The molecule has 2 aromatic heterocycles. The Morgan fingerprint density at radius 2 is 1.95 bits per heavy atom. The zero-order valence-corrected chi connectivity index (χ0v) is 24.8. The Balaban J connectivity index is 1.47. The molecular formula is C28H35ClN8O5. The third-order valence-electron chi connectivity index (χ3n) is 7.21. The van der Waals surface area contributed by atoms with Gasteiger partial charge >= 0.3 is 12.2 Å². The first-order valence-corrected chi connectivity index (χ1v) is 14.3. The second-order valence-corrected chi connectivity index (χ2v) is 12.1. The van der Waals surface area contributed by atoms with Gasteiger partial charge in [-0.2, -0.15) is 0 Å². The highest BCUT2D eigenvalue weighted by Crippen LogP contribution is 2.37. The molecule has 14 heteroatoms. The fourth-order valence-corrected chi connectivity index (χ4v) is 5.39. The van der Waals surface area contributed by atoms with Crippen LogP contribution in [0, 0.1) is 0 Å². The van der Waals surface area contributed by atoms with Crippen LogP contribution >= 0.6 is 11.6 Å². The van der Waals surface area contributed by atoms with Crippen LogP contribution in [0.1, 0.15) is 58.1 Å². The van der Waals surface area contributed by atoms with E-state index >= 15 is 0 Å². The van der Waals surface area contributed by atoms with E-state index in [0.29, 0.717) is 35.7 Å². The van der Waals surface area contributed by atoms with E-state index in [1.54, 1.807) is 27.1 Å². The van der Waals surface area contributed by atoms with Gasteiger partial charge in [0.15, 0.2) is 17.0 Å². The molecule has 1 aliphatic carbocycles. The van der Waals surface area contributed by atoms with Gasteiger partial charge in [0.2, 0.25) is 5.60 Å². The van der Waals surface area contributed by atoms with Crippen LogP contribution in [-0.4, -0.2) is 67.9 Å². The molecule has 224 valence electrons. The Morgan fingerprint density at radius 1 is 1.19 bits per heavy atom. The number of amides is 3. The second-order valence-electron chi connectivity index (χ2n) is 11.6. The molecule has 3 amide bonds. The monoisotopic (exact) mass is 598 g/mol. The number of carbonyl (C=O) groups is 3. The number of ether oxygens (including phenoxy) is 2. The Bertz CT molecular complexity index is 1530. The van der Waals surface area contributed by atoms with Crippen molar-refractivity contribution >= 4 is 52.4 Å². The van der Waals surface area contributed by atoms with E-state index in [2.05, 4.69) is 25.6 Å². The summed E-state index contributed by atoms with van der Waals surface area (Å²) in [6.07, 6.45) is 4.11. The van der Waals surface area contributed by atoms with E-state index < -0.39 is 23.4 Å². The van der Waals surface area contributed by atoms with Crippen molar-refractivity contribution < 1.29 is 23.9 Å². The molecular weight excluding hydrogens is 564 g/mol. The number of rotatable bonds is 8. The molecule has 1 saturated heterocycles. The lowest BCUT2D eigenvalue weighted by Crippen LogP contribution is -2.53. The van der Waals surface area contributed by atoms with Crippen LogP contribution in [0.5, 0.6) is 0 Å². The molecule has 13 nitrogen and oxygen atoms in total. The van der Waals surface area contributed by atoms with Crippen LogP contribution in [-0.2, 0) is 27.2 Å². The summed E-state index contributed by atoms with van der Waals surface area (Å²) in [7, 11) is 0. The molecule has 1 unspecified atom stereocenters. The summed E-state index contributed by atoms with van der Waals surface area (Å²) in [4.78, 5) is 52.6. The zero-order chi connectivity index (χ0) is 30.2. The summed E-state index contributed by atoms with van der Waals surface area (Å²) in [5.74, 6) is -0.109. The first-order chi connectivity index (χ1) is 19.9. The number of halogens is 1. The molecule has 3 heterocycles. The highest BCUT2D eigenvalue weighted by molar-refractivity contribution is 6.31. The van der Waals surface area contributed by atoms with Gasteiger partial charge in [-0.1, -0.05) is 18.5 Å². The van der Waals surface area contributed by atoms with Crippen LogP contribution in [0.4, 0.5) is 21.1 Å². The zero-order valence-electron chi connectivity index (χ0n) is 24.1. The number of primary amides is 1. The van der Waals surface area contributed by atoms with Crippen molar-refractivity contribution in [2.75, 3.05) is 23.3 Å². The Kier molecular flexibility index (Phi) is 7.88. The van der Waals surface area contributed by atoms with Crippen LogP contribution in [0.25, 0.3) is 11.2 Å². The molecule has 0 spiro atoms. The number of aryl methyl sites for hydroxylation is 1. The average Bonchev–Trinajstić information content (AvgIpc) is 3.46. The number of anilines is 2. The second kappa shape index (κ2) is 11.3. The molecule has 0 bridgehead atoms. The number of nitrogens with two attached hydrogens (primary N) is 1. The highest BCUT2D eigenvalue weighted by atomic mass is 35.5. The van der Waals surface area contributed by atoms with Crippen LogP contribution < -0.4 is 21.3 Å². The van der Waals surface area contributed by atoms with Crippen molar-refractivity contribution in [3.05, 3.63) is 40.9 Å². The Morgan fingerprint density at radius 3 is 2.62 bits per heavy atom. The lowest BCUT2D eigenvalue weighted by atomic mass is 10.0. The number of imidazole rings is 1. The van der Waals surface area contributed by atoms with Gasteiger partial charge in [0.25, 0.3) is 5.91 Å². The van der Waals surface area contributed by atoms with Gasteiger partial charge in [0.1, 0.15) is 11.9 Å². The maximum absolute atomic E-state index is 13.2. The molecule has 5 rings (SSSR count). The SMILES string of the molecule is CCc1cc(Cl)cc(N2CCC(OC(N)=O)(C(=O)NC3CC3)C2)c1Cn1cnc2c(NC(=O)OC(C)(C)C)ncnc21. The number of fused-ring (bicyclic) bond motifs is 1. The molecule has 3 aromatic rings. The standard InChI is InChI=1S/C28H35ClN8O5/c1-5-16-10-17(29)11-20(36-9-8-28(13-36,41-25(30)39)24(38)34-18-6-7-18)19(16)12-37-15-33-21-22(31-14-32-23(21)37)35-26(40)42-27(2,3)4/h10-11,14-15,18H,5-9,12-13H2,1-4H3,(H2,30,39)(H,34,38)(H,31,32,35,40). The molecule has 2 aliphatic rings. The molecule has 1 aromatic carbocycles. The topological polar surface area (TPSA) is 167 Å². The molecule has 4 N–H and O–H groups in total. The summed E-state index contributed by atoms with van der Waals surface area (Å²) >= 11 is 6.56. The molecule has 1 saturated carbocycles. The normalized spacial score (nSPS) is 18.6. The van der Waals surface area contributed by atoms with Gasteiger partial charge in [-0.15, -0.1) is 0 Å². The number of hydrogen-bond donors (Lipinski definition) is 3. The van der Waals surface area contributed by atoms with Crippen molar-refractivity contribution in [2.24, 2.45) is 5.73 Å². The molecule has 2 fully saturated rings. The van der Waals surface area contributed by atoms with E-state index in [1.807, 2.05) is 28.5 Å². The largest absolute Gasteiger partial charge is 0.444 e. The van der Waals surface area contributed by atoms with E-state index in [4.69, 9.17) is 26.8 Å². The van der Waals surface area contributed by atoms with E-state index in [9.17, 15) is 14.4 Å². The predicted octanol–water partition coefficient (Wildman–Crippen LogP) is 3.76. The number of hydrogen-bond acceptors (Lipinski definition) is 9. The first-order valence-electron chi connectivity index (χ1n) is 13.9. The third-order valence-corrected chi connectivity index (χ3v) is 7.43. The third kappa shape index (κ3) is 6.35. The summed E-state index contributed by atoms with van der Waals surface area (Å²) in [6, 6.07) is 3.85. The van der Waals surface area contributed by atoms with Gasteiger partial charge in [0.05, 0.1) is 19.4 Å². The lowest BCUT2D eigenvalue weighted by Gasteiger charge is -2.29. The molecule has 1 aliphatic heterocycles. The maximum atomic E-state index is 13.2. The van der Waals surface area contributed by atoms with Crippen LogP contribution in [0.2, 0.25) is 5.02 Å². The van der Waals surface area contributed by atoms with E-state index in [-0.39, 0.29) is 30.7 Å². The number of nitrogens with zero attached hydrogens (tertiary/aromatic N) is 5. The fourth-order valence-electron chi connectivity index (χ4n) is 5.16. The highest BCUT2D eigenvalue weighted by Gasteiger charge is 2.49. The smallest absolute Gasteiger partial charge is 0.413 e. The van der Waals surface area contributed by atoms with Gasteiger partial charge in [-0.3, -0.25) is 10.1 Å². The van der Waals surface area contributed by atoms with Crippen molar-refractivity contribution in [3.63, 3.8) is 0 Å². The van der Waals surface area contributed by atoms with E-state index in [1.165, 1.54) is 6.33 Å². The predicted molar refractivity (Wildman–Crippen MR) is 157 cm³/mol. The van der Waals surface area contributed by atoms with Crippen molar-refractivity contribution in [2.45, 2.75) is 77.2 Å². The number of carbonyl (C=O) groups excluding carboxylic acids is 3. The van der Waals surface area contributed by atoms with Gasteiger partial charge < -0.3 is 30.0 Å². The van der Waals surface area contributed by atoms with Crippen LogP contribution in [0.3, 0.4) is 0 Å².